The van der Waals surface area contributed by atoms with E-state index in [1.807, 2.05) is 12.1 Å². The first-order valence-corrected chi connectivity index (χ1v) is 10.5. The monoisotopic (exact) mass is 479 g/mol. The van der Waals surface area contributed by atoms with Crippen molar-refractivity contribution >= 4 is 41.5 Å². The Hall–Kier alpha value is -2.64. The summed E-state index contributed by atoms with van der Waals surface area (Å²) in [7, 11) is 1.54. The molecule has 3 rings (SSSR count). The molecule has 0 spiro atoms. The molecule has 1 aliphatic rings. The van der Waals surface area contributed by atoms with E-state index < -0.39 is 6.03 Å². The number of methoxy groups -OCH3 is 1. The lowest BCUT2D eigenvalue weighted by atomic mass is 9.98. The Balaban J connectivity index is 0.00000363. The van der Waals surface area contributed by atoms with Gasteiger partial charge in [-0.05, 0) is 69.1 Å². The van der Waals surface area contributed by atoms with Crippen molar-refractivity contribution in [1.82, 2.24) is 20.6 Å². The molecule has 0 radical (unpaired) electrons. The van der Waals surface area contributed by atoms with Crippen molar-refractivity contribution in [3.63, 3.8) is 0 Å². The zero-order valence-corrected chi connectivity index (χ0v) is 19.4. The summed E-state index contributed by atoms with van der Waals surface area (Å²) in [4.78, 5) is 20.1. The molecular formula is C21H27Cl2N7O2. The van der Waals surface area contributed by atoms with Crippen LogP contribution in [0.25, 0.3) is 0 Å². The molecule has 1 aliphatic heterocycles. The van der Waals surface area contributed by atoms with Gasteiger partial charge in [0.2, 0.25) is 0 Å². The first kappa shape index (κ1) is 25.6. The predicted molar refractivity (Wildman–Crippen MR) is 127 cm³/mol. The third kappa shape index (κ3) is 7.50. The number of benzene rings is 1. The summed E-state index contributed by atoms with van der Waals surface area (Å²) >= 11 is 6.45. The van der Waals surface area contributed by atoms with Crippen molar-refractivity contribution in [2.45, 2.75) is 19.3 Å². The molecule has 2 heterocycles. The van der Waals surface area contributed by atoms with Gasteiger partial charge in [0, 0.05) is 5.02 Å². The maximum absolute atomic E-state index is 12.3. The number of ether oxygens (including phenoxy) is 1. The third-order valence-electron chi connectivity index (χ3n) is 5.09. The van der Waals surface area contributed by atoms with Crippen LogP contribution in [0, 0.1) is 17.2 Å². The number of halogens is 2. The van der Waals surface area contributed by atoms with Gasteiger partial charge in [-0.3, -0.25) is 5.32 Å². The number of carbonyl (C=O) groups excluding carboxylic acids is 1. The number of rotatable bonds is 8. The van der Waals surface area contributed by atoms with E-state index in [1.54, 1.807) is 6.07 Å². The van der Waals surface area contributed by atoms with E-state index in [0.717, 1.165) is 44.1 Å². The Kier molecular flexibility index (Phi) is 10.4. The molecule has 1 aromatic carbocycles. The van der Waals surface area contributed by atoms with Crippen molar-refractivity contribution < 1.29 is 9.53 Å². The minimum atomic E-state index is -0.523. The molecule has 0 bridgehead atoms. The van der Waals surface area contributed by atoms with Gasteiger partial charge >= 0.3 is 6.03 Å². The molecule has 32 heavy (non-hydrogen) atoms. The maximum Gasteiger partial charge on any atom is 0.325 e. The Morgan fingerprint density at radius 2 is 2.06 bits per heavy atom. The van der Waals surface area contributed by atoms with Crippen molar-refractivity contribution in [1.29, 1.82) is 5.26 Å². The summed E-state index contributed by atoms with van der Waals surface area (Å²) < 4.78 is 5.43. The predicted octanol–water partition coefficient (Wildman–Crippen LogP) is 3.21. The van der Waals surface area contributed by atoms with Crippen LogP contribution in [0.1, 0.15) is 24.1 Å². The van der Waals surface area contributed by atoms with Crippen LogP contribution in [0.3, 0.4) is 0 Å². The molecule has 0 unspecified atom stereocenters. The molecule has 1 aromatic heterocycles. The van der Waals surface area contributed by atoms with Crippen molar-refractivity contribution in [3.05, 3.63) is 40.8 Å². The summed E-state index contributed by atoms with van der Waals surface area (Å²) in [5.74, 6) is 1.45. The van der Waals surface area contributed by atoms with E-state index in [2.05, 4.69) is 31.2 Å². The Morgan fingerprint density at radius 1 is 1.28 bits per heavy atom. The number of carbonyl (C=O) groups is 1. The van der Waals surface area contributed by atoms with Gasteiger partial charge in [-0.2, -0.15) is 5.26 Å². The van der Waals surface area contributed by atoms with Gasteiger partial charge in [0.1, 0.15) is 11.8 Å². The summed E-state index contributed by atoms with van der Waals surface area (Å²) in [6, 6.07) is 4.86. The van der Waals surface area contributed by atoms with E-state index in [4.69, 9.17) is 21.6 Å². The number of nitrogens with one attached hydrogen (secondary N) is 4. The van der Waals surface area contributed by atoms with Crippen molar-refractivity contribution in [2.24, 2.45) is 5.92 Å². The number of hydrogen-bond acceptors (Lipinski definition) is 7. The van der Waals surface area contributed by atoms with Gasteiger partial charge in [-0.1, -0.05) is 11.6 Å². The first-order valence-electron chi connectivity index (χ1n) is 10.2. The molecule has 0 aliphatic carbocycles. The number of nitrogens with zero attached hydrogens (tertiary/aromatic N) is 3. The van der Waals surface area contributed by atoms with Crippen LogP contribution in [0.5, 0.6) is 5.75 Å². The fraction of sp³-hybridized carbons (Fsp3) is 0.429. The molecule has 0 atom stereocenters. The lowest BCUT2D eigenvalue weighted by molar-refractivity contribution is 0.262. The van der Waals surface area contributed by atoms with E-state index in [9.17, 15) is 4.79 Å². The van der Waals surface area contributed by atoms with Crippen LogP contribution in [-0.2, 0) is 6.42 Å². The summed E-state index contributed by atoms with van der Waals surface area (Å²) in [6.45, 7) is 4.01. The quantitative estimate of drug-likeness (QED) is 0.428. The second-order valence-electron chi connectivity index (χ2n) is 7.27. The van der Waals surface area contributed by atoms with Gasteiger partial charge < -0.3 is 20.7 Å². The normalized spacial score (nSPS) is 13.5. The smallest absolute Gasteiger partial charge is 0.325 e. The Labute approximate surface area is 198 Å². The van der Waals surface area contributed by atoms with Crippen LogP contribution in [0.15, 0.2) is 24.5 Å². The van der Waals surface area contributed by atoms with E-state index in [0.29, 0.717) is 16.5 Å². The highest BCUT2D eigenvalue weighted by atomic mass is 35.5. The molecule has 2 aromatic rings. The van der Waals surface area contributed by atoms with Crippen LogP contribution < -0.4 is 26.0 Å². The average molecular weight is 480 g/mol. The van der Waals surface area contributed by atoms with Crippen LogP contribution in [0.2, 0.25) is 5.02 Å². The van der Waals surface area contributed by atoms with Gasteiger partial charge in [0.25, 0.3) is 0 Å². The highest BCUT2D eigenvalue weighted by molar-refractivity contribution is 6.31. The molecular weight excluding hydrogens is 453 g/mol. The molecule has 1 saturated heterocycles. The van der Waals surface area contributed by atoms with Gasteiger partial charge in [-0.25, -0.2) is 14.8 Å². The third-order valence-corrected chi connectivity index (χ3v) is 5.44. The van der Waals surface area contributed by atoms with E-state index in [1.165, 1.54) is 32.3 Å². The minimum Gasteiger partial charge on any atom is -0.495 e. The largest absolute Gasteiger partial charge is 0.495 e. The molecule has 1 fully saturated rings. The van der Waals surface area contributed by atoms with Crippen LogP contribution in [-0.4, -0.2) is 49.3 Å². The van der Waals surface area contributed by atoms with E-state index in [-0.39, 0.29) is 23.9 Å². The minimum absolute atomic E-state index is 0. The van der Waals surface area contributed by atoms with Crippen LogP contribution >= 0.6 is 24.0 Å². The number of anilines is 2. The Morgan fingerprint density at radius 3 is 2.72 bits per heavy atom. The molecule has 2 amide bonds. The fourth-order valence-corrected chi connectivity index (χ4v) is 3.65. The van der Waals surface area contributed by atoms with Crippen molar-refractivity contribution in [2.75, 3.05) is 43.9 Å². The lowest BCUT2D eigenvalue weighted by Gasteiger charge is -2.22. The van der Waals surface area contributed by atoms with Gasteiger partial charge in [0.15, 0.2) is 11.5 Å². The highest BCUT2D eigenvalue weighted by Gasteiger charge is 2.14. The second kappa shape index (κ2) is 13.0. The zero-order chi connectivity index (χ0) is 22.1. The first-order chi connectivity index (χ1) is 15.1. The maximum atomic E-state index is 12.3. The molecule has 9 nitrogen and oxygen atoms in total. The number of piperidine rings is 1. The fourth-order valence-electron chi connectivity index (χ4n) is 3.39. The van der Waals surface area contributed by atoms with Gasteiger partial charge in [0.05, 0.1) is 25.2 Å². The molecule has 0 saturated carbocycles. The van der Waals surface area contributed by atoms with Gasteiger partial charge in [-0.15, -0.1) is 12.4 Å². The zero-order valence-electron chi connectivity index (χ0n) is 17.8. The van der Waals surface area contributed by atoms with Crippen LogP contribution in [0.4, 0.5) is 16.3 Å². The molecule has 11 heteroatoms. The second-order valence-corrected chi connectivity index (χ2v) is 7.68. The van der Waals surface area contributed by atoms with E-state index >= 15 is 0 Å². The number of amides is 2. The SMILES string of the molecule is COc1cc(CCNCC2CCNCC2)c(Cl)cc1NC(=O)Nc1cnc(C#N)cn1.Cl. The Bertz CT molecular complexity index is 929. The number of hydrogen-bond donors (Lipinski definition) is 4. The topological polar surface area (TPSA) is 124 Å². The summed E-state index contributed by atoms with van der Waals surface area (Å²) in [5, 5.41) is 21.5. The standard InChI is InChI=1S/C21H26ClN7O2.ClH/c1-31-19-8-15(4-7-25-11-14-2-5-24-6-3-14)17(22)9-18(19)28-21(30)29-20-13-26-16(10-23)12-27-20;/h8-9,12-14,24-25H,2-7,11H2,1H3,(H2,27,28,29,30);1H. The number of nitriles is 1. The number of aromatic nitrogens is 2. The van der Waals surface area contributed by atoms with Crippen molar-refractivity contribution in [3.8, 4) is 11.8 Å². The highest BCUT2D eigenvalue weighted by Crippen LogP contribution is 2.31. The number of urea groups is 1. The molecule has 172 valence electrons. The molecule has 4 N–H and O–H groups in total. The summed E-state index contributed by atoms with van der Waals surface area (Å²) in [5.41, 5.74) is 1.55. The lowest BCUT2D eigenvalue weighted by Crippen LogP contribution is -2.34. The average Bonchev–Trinajstić information content (AvgIpc) is 2.79. The summed E-state index contributed by atoms with van der Waals surface area (Å²) in [6.07, 6.45) is 5.76.